The number of fused-ring (bicyclic) bond motifs is 1. The van der Waals surface area contributed by atoms with Crippen LogP contribution in [-0.2, 0) is 10.3 Å². The highest BCUT2D eigenvalue weighted by Crippen LogP contribution is 2.53. The summed E-state index contributed by atoms with van der Waals surface area (Å²) in [5.74, 6) is 0.196. The maximum absolute atomic E-state index is 10.1. The molecule has 1 aliphatic heterocycles. The molecule has 1 fully saturated rings. The number of nitrogen functional groups attached to an aromatic ring is 1. The molecule has 3 atom stereocenters. The van der Waals surface area contributed by atoms with E-state index in [1.165, 1.54) is 16.9 Å². The zero-order valence-electron chi connectivity index (χ0n) is 11.0. The number of nitrogens with two attached hydrogens (primary N) is 1. The molecule has 0 bridgehead atoms. The number of anilines is 1. The molecule has 10 heteroatoms. The molecule has 0 saturated carbocycles. The number of rotatable bonds is 2. The molecular formula is C12H11Cl2N5O3. The molecule has 0 radical (unpaired) electrons. The minimum atomic E-state index is -2.01. The maximum Gasteiger partial charge on any atom is 0.232 e. The summed E-state index contributed by atoms with van der Waals surface area (Å²) in [6.45, 7) is -0.549. The molecule has 3 heterocycles. The summed E-state index contributed by atoms with van der Waals surface area (Å²) in [5.41, 5.74) is 4.43. The number of halogens is 2. The number of nitrogens with zero attached hydrogens (tertiary/aromatic N) is 4. The van der Waals surface area contributed by atoms with E-state index in [9.17, 15) is 15.5 Å². The number of nitriles is 1. The second kappa shape index (κ2) is 4.94. The molecule has 0 amide bonds. The number of ether oxygens (including phenoxy) is 1. The Morgan fingerprint density at radius 2 is 2.23 bits per heavy atom. The zero-order valence-corrected chi connectivity index (χ0v) is 12.5. The predicted molar refractivity (Wildman–Crippen MR) is 77.1 cm³/mol. The van der Waals surface area contributed by atoms with E-state index in [1.807, 2.05) is 6.07 Å². The summed E-state index contributed by atoms with van der Waals surface area (Å²) >= 11 is 12.4. The van der Waals surface area contributed by atoms with Crippen molar-refractivity contribution in [3.05, 3.63) is 24.2 Å². The average molecular weight is 344 g/mol. The Kier molecular flexibility index (Phi) is 3.43. The van der Waals surface area contributed by atoms with Gasteiger partial charge >= 0.3 is 0 Å². The van der Waals surface area contributed by atoms with Gasteiger partial charge in [-0.1, -0.05) is 23.2 Å². The number of alkyl halides is 2. The lowest BCUT2D eigenvalue weighted by Crippen LogP contribution is -2.45. The smallest absolute Gasteiger partial charge is 0.232 e. The van der Waals surface area contributed by atoms with Crippen LogP contribution in [0.25, 0.3) is 5.52 Å². The molecule has 116 valence electrons. The van der Waals surface area contributed by atoms with Gasteiger partial charge in [0.25, 0.3) is 0 Å². The fourth-order valence-electron chi connectivity index (χ4n) is 2.56. The lowest BCUT2D eigenvalue weighted by Gasteiger charge is -2.30. The summed E-state index contributed by atoms with van der Waals surface area (Å²) < 4.78 is 4.83. The average Bonchev–Trinajstić information content (AvgIpc) is 3.01. The Labute approximate surface area is 134 Å². The van der Waals surface area contributed by atoms with Crippen molar-refractivity contribution in [2.24, 2.45) is 0 Å². The Morgan fingerprint density at radius 3 is 2.82 bits per heavy atom. The molecule has 0 spiro atoms. The number of aliphatic hydroxyl groups excluding tert-OH is 2. The van der Waals surface area contributed by atoms with Gasteiger partial charge in [0.15, 0.2) is 10.2 Å². The van der Waals surface area contributed by atoms with Crippen LogP contribution in [0.15, 0.2) is 18.5 Å². The Hall–Kier alpha value is -1.63. The van der Waals surface area contributed by atoms with E-state index in [4.69, 9.17) is 33.7 Å². The van der Waals surface area contributed by atoms with E-state index < -0.39 is 28.7 Å². The van der Waals surface area contributed by atoms with Gasteiger partial charge in [0, 0.05) is 0 Å². The molecule has 1 aliphatic rings. The van der Waals surface area contributed by atoms with Gasteiger partial charge in [-0.15, -0.1) is 0 Å². The number of aromatic nitrogens is 3. The predicted octanol–water partition coefficient (Wildman–Crippen LogP) is -0.0437. The standard InChI is InChI=1S/C12H11Cl2N5O3/c13-12(14)9(21)7(3-20)22-11(12,4-15)8-2-1-6-10(16)17-5-18-19(6)8/h1-2,5,7,9,20-21H,3H2,(H2,16,17,18)/t7-,9?,11+/m1/s1. The molecule has 1 unspecified atom stereocenters. The van der Waals surface area contributed by atoms with Crippen molar-refractivity contribution in [2.75, 3.05) is 12.3 Å². The van der Waals surface area contributed by atoms with Crippen molar-refractivity contribution >= 4 is 34.5 Å². The lowest BCUT2D eigenvalue weighted by molar-refractivity contribution is -0.0524. The molecule has 0 aromatic carbocycles. The van der Waals surface area contributed by atoms with Gasteiger partial charge in [0.2, 0.25) is 5.60 Å². The second-order valence-corrected chi connectivity index (χ2v) is 6.25. The van der Waals surface area contributed by atoms with Crippen LogP contribution in [0.4, 0.5) is 5.82 Å². The fraction of sp³-hybridized carbons (Fsp3) is 0.417. The summed E-state index contributed by atoms with van der Waals surface area (Å²) in [6, 6.07) is 4.99. The first kappa shape index (κ1) is 15.3. The molecule has 4 N–H and O–H groups in total. The first-order valence-electron chi connectivity index (χ1n) is 6.23. The quantitative estimate of drug-likeness (QED) is 0.652. The first-order valence-corrected chi connectivity index (χ1v) is 6.99. The monoisotopic (exact) mass is 343 g/mol. The number of hydrogen-bond acceptors (Lipinski definition) is 7. The SMILES string of the molecule is N#C[C@@]1(c2ccc3c(N)ncnn23)O[C@H](CO)C(O)C1(Cl)Cl. The van der Waals surface area contributed by atoms with Crippen LogP contribution in [0.2, 0.25) is 0 Å². The topological polar surface area (TPSA) is 130 Å². The van der Waals surface area contributed by atoms with Gasteiger partial charge in [0.05, 0.1) is 12.3 Å². The van der Waals surface area contributed by atoms with Crippen LogP contribution in [0.1, 0.15) is 5.69 Å². The maximum atomic E-state index is 10.1. The summed E-state index contributed by atoms with van der Waals surface area (Å²) in [5, 5.41) is 33.1. The molecule has 1 saturated heterocycles. The normalized spacial score (nSPS) is 30.5. The van der Waals surface area contributed by atoms with Crippen molar-refractivity contribution in [1.29, 1.82) is 5.26 Å². The van der Waals surface area contributed by atoms with Gasteiger partial charge in [0.1, 0.15) is 30.1 Å². The van der Waals surface area contributed by atoms with E-state index in [-0.39, 0.29) is 11.5 Å². The molecular weight excluding hydrogens is 333 g/mol. The second-order valence-electron chi connectivity index (χ2n) is 4.86. The van der Waals surface area contributed by atoms with Crippen molar-refractivity contribution in [3.63, 3.8) is 0 Å². The lowest BCUT2D eigenvalue weighted by atomic mass is 9.94. The van der Waals surface area contributed by atoms with E-state index in [2.05, 4.69) is 10.1 Å². The van der Waals surface area contributed by atoms with E-state index in [0.717, 1.165) is 0 Å². The molecule has 22 heavy (non-hydrogen) atoms. The van der Waals surface area contributed by atoms with Crippen LogP contribution in [0, 0.1) is 11.3 Å². The number of hydrogen-bond donors (Lipinski definition) is 3. The molecule has 8 nitrogen and oxygen atoms in total. The highest BCUT2D eigenvalue weighted by Gasteiger charge is 2.67. The largest absolute Gasteiger partial charge is 0.394 e. The van der Waals surface area contributed by atoms with E-state index in [1.54, 1.807) is 6.07 Å². The molecule has 2 aromatic heterocycles. The van der Waals surface area contributed by atoms with Gasteiger partial charge in [-0.25, -0.2) is 9.50 Å². The van der Waals surface area contributed by atoms with Gasteiger partial charge < -0.3 is 20.7 Å². The van der Waals surface area contributed by atoms with Crippen LogP contribution in [0.3, 0.4) is 0 Å². The van der Waals surface area contributed by atoms with Crippen molar-refractivity contribution in [3.8, 4) is 6.07 Å². The Balaban J connectivity index is 2.27. The Bertz CT molecular complexity index is 774. The highest BCUT2D eigenvalue weighted by molar-refractivity contribution is 6.50. The van der Waals surface area contributed by atoms with Gasteiger partial charge in [-0.3, -0.25) is 0 Å². The number of aliphatic hydroxyl groups is 2. The van der Waals surface area contributed by atoms with Crippen molar-refractivity contribution in [2.45, 2.75) is 22.1 Å². The highest BCUT2D eigenvalue weighted by atomic mass is 35.5. The van der Waals surface area contributed by atoms with Crippen LogP contribution in [0.5, 0.6) is 0 Å². The zero-order chi connectivity index (χ0) is 16.1. The third-order valence-electron chi connectivity index (χ3n) is 3.70. The van der Waals surface area contributed by atoms with Crippen LogP contribution in [-0.4, -0.2) is 48.0 Å². The third-order valence-corrected chi connectivity index (χ3v) is 4.68. The summed E-state index contributed by atoms with van der Waals surface area (Å²) in [6.07, 6.45) is -1.37. The molecule has 3 rings (SSSR count). The molecule has 2 aromatic rings. The third kappa shape index (κ3) is 1.74. The van der Waals surface area contributed by atoms with Gasteiger partial charge in [-0.05, 0) is 12.1 Å². The van der Waals surface area contributed by atoms with Crippen LogP contribution < -0.4 is 5.73 Å². The van der Waals surface area contributed by atoms with Gasteiger partial charge in [-0.2, -0.15) is 10.4 Å². The van der Waals surface area contributed by atoms with Crippen molar-refractivity contribution in [1.82, 2.24) is 14.6 Å². The Morgan fingerprint density at radius 1 is 1.50 bits per heavy atom. The van der Waals surface area contributed by atoms with E-state index in [0.29, 0.717) is 5.52 Å². The minimum Gasteiger partial charge on any atom is -0.394 e. The minimum absolute atomic E-state index is 0.180. The first-order chi connectivity index (χ1) is 10.4. The van der Waals surface area contributed by atoms with Crippen LogP contribution >= 0.6 is 23.2 Å². The summed E-state index contributed by atoms with van der Waals surface area (Å²) in [7, 11) is 0. The van der Waals surface area contributed by atoms with E-state index >= 15 is 0 Å². The van der Waals surface area contributed by atoms with Crippen molar-refractivity contribution < 1.29 is 14.9 Å². The molecule has 0 aliphatic carbocycles. The summed E-state index contributed by atoms with van der Waals surface area (Å²) in [4.78, 5) is 3.84. The fourth-order valence-corrected chi connectivity index (χ4v) is 3.21.